The number of benzene rings is 5. The van der Waals surface area contributed by atoms with Crippen LogP contribution in [0, 0.1) is 16.2 Å². The van der Waals surface area contributed by atoms with E-state index in [1.807, 2.05) is 109 Å². The molecular weight excluding hydrogens is 1450 g/mol. The number of hydrogen-bond donors (Lipinski definition) is 25. The first-order valence-corrected chi connectivity index (χ1v) is 37.6. The summed E-state index contributed by atoms with van der Waals surface area (Å²) in [6, 6.07) is 23.7. The van der Waals surface area contributed by atoms with Crippen molar-refractivity contribution in [3.63, 3.8) is 0 Å². The van der Waals surface area contributed by atoms with Crippen LogP contribution in [0.2, 0.25) is 0 Å². The number of hydrogen-bond acceptors (Lipinski definition) is 14. The fourth-order valence-corrected chi connectivity index (χ4v) is 13.9. The Morgan fingerprint density at radius 1 is 0.319 bits per heavy atom. The number of rotatable bonds is 43. The Labute approximate surface area is 649 Å². The number of aliphatic carboxylic acids is 1. The fourth-order valence-electron chi connectivity index (χ4n) is 13.9. The summed E-state index contributed by atoms with van der Waals surface area (Å²) >= 11 is 0. The second-order valence-electron chi connectivity index (χ2n) is 28.0. The Balaban J connectivity index is 0.935. The Morgan fingerprint density at radius 3 is 0.823 bits per heavy atom. The molecule has 0 saturated heterocycles. The molecule has 0 fully saturated rings. The average molecular weight is 1550 g/mol. The van der Waals surface area contributed by atoms with Crippen LogP contribution in [0.1, 0.15) is 85.6 Å². The van der Waals surface area contributed by atoms with Crippen LogP contribution in [0.3, 0.4) is 0 Å². The Kier molecular flexibility index (Phi) is 29.1. The molecule has 0 aliphatic carbocycles. The molecule has 0 radical (unpaired) electrons. The number of unbranched alkanes of at least 4 members (excludes halogenated alkanes) is 1. The van der Waals surface area contributed by atoms with Gasteiger partial charge in [-0.2, -0.15) is 0 Å². The largest absolute Gasteiger partial charge is 0.480 e. The molecular formula is C79H100N24O10. The highest BCUT2D eigenvalue weighted by Crippen LogP contribution is 2.26. The van der Waals surface area contributed by atoms with Crippen molar-refractivity contribution in [3.05, 3.63) is 180 Å². The molecule has 5 aromatic carbocycles. The lowest BCUT2D eigenvalue weighted by Crippen LogP contribution is -2.61. The number of carbonyl (C=O) groups excluding carboxylic acids is 8. The van der Waals surface area contributed by atoms with Crippen LogP contribution >= 0.6 is 0 Å². The highest BCUT2D eigenvalue weighted by Gasteiger charge is 2.37. The minimum atomic E-state index is -1.51. The van der Waals surface area contributed by atoms with E-state index in [1.165, 1.54) is 0 Å². The van der Waals surface area contributed by atoms with Crippen molar-refractivity contribution in [3.8, 4) is 0 Å². The normalized spacial score (nSPS) is 13.8. The predicted octanol–water partition coefficient (Wildman–Crippen LogP) is 1.82. The molecule has 0 unspecified atom stereocenters. The molecule has 596 valence electrons. The zero-order valence-corrected chi connectivity index (χ0v) is 62.4. The van der Waals surface area contributed by atoms with Crippen LogP contribution in [-0.4, -0.2) is 182 Å². The van der Waals surface area contributed by atoms with Crippen molar-refractivity contribution < 1.29 is 48.3 Å². The number of carboxylic acid groups (broad SMARTS) is 1. The third-order valence-electron chi connectivity index (χ3n) is 19.8. The average Bonchev–Trinajstić information content (AvgIpc) is 1.77. The van der Waals surface area contributed by atoms with Crippen molar-refractivity contribution in [2.45, 2.75) is 144 Å². The number of H-pyrrole nitrogens is 5. The number of carbonyl (C=O) groups is 9. The molecule has 8 amide bonds. The van der Waals surface area contributed by atoms with Gasteiger partial charge in [0.2, 0.25) is 47.3 Å². The lowest BCUT2D eigenvalue weighted by molar-refractivity contribution is -0.142. The summed E-state index contributed by atoms with van der Waals surface area (Å²) in [4.78, 5) is 150. The van der Waals surface area contributed by atoms with Gasteiger partial charge in [-0.3, -0.25) is 54.6 Å². The predicted molar refractivity (Wildman–Crippen MR) is 431 cm³/mol. The number of para-hydroxylation sites is 5. The number of fused-ring (bicyclic) bond motifs is 5. The van der Waals surface area contributed by atoms with Gasteiger partial charge in [0, 0.05) is 137 Å². The molecule has 113 heavy (non-hydrogen) atoms. The van der Waals surface area contributed by atoms with E-state index >= 15 is 24.0 Å². The SMILES string of the molecule is N=C(N)NCCC[C@H](NC(=O)[C@H](CCCCN)NC(=O)[C@H](Cc1c[nH]c2ccccc12)NC(=O)[C@H](CCCNC(=N)N)NC(=O)[C@H](Cc1c[nH]c2ccccc12)NC(=O)[C@@H](N)CCCNC(=N)N)C(=O)N[C@@H](Cc1c[nH]c2ccccc12)C(=O)N[C@@H](Cc1c[nH]c2ccccc12)C(=O)N[C@@H](Cc1c[nH]c2ccccc12)C(=O)O. The van der Waals surface area contributed by atoms with E-state index in [0.717, 1.165) is 32.7 Å². The second-order valence-corrected chi connectivity index (χ2v) is 28.0. The molecule has 5 heterocycles. The van der Waals surface area contributed by atoms with Crippen molar-refractivity contribution in [2.75, 3.05) is 26.2 Å². The third kappa shape index (κ3) is 22.9. The molecule has 10 rings (SSSR count). The minimum absolute atomic E-state index is 0.0484. The van der Waals surface area contributed by atoms with E-state index < -0.39 is 108 Å². The highest BCUT2D eigenvalue weighted by atomic mass is 16.4. The molecule has 0 aliphatic rings. The Bertz CT molecular complexity index is 5020. The Morgan fingerprint density at radius 2 is 0.549 bits per heavy atom. The molecule has 34 nitrogen and oxygen atoms in total. The van der Waals surface area contributed by atoms with Crippen molar-refractivity contribution in [1.82, 2.24) is 83.4 Å². The maximum absolute atomic E-state index is 15.5. The van der Waals surface area contributed by atoms with E-state index in [9.17, 15) is 24.3 Å². The molecule has 0 bridgehead atoms. The molecule has 0 aliphatic heterocycles. The van der Waals surface area contributed by atoms with Crippen LogP contribution in [0.15, 0.2) is 152 Å². The highest BCUT2D eigenvalue weighted by molar-refractivity contribution is 6.00. The summed E-state index contributed by atoms with van der Waals surface area (Å²) in [7, 11) is 0. The Hall–Kier alpha value is -13.2. The maximum Gasteiger partial charge on any atom is 0.326 e. The molecule has 0 spiro atoms. The van der Waals surface area contributed by atoms with Gasteiger partial charge >= 0.3 is 5.97 Å². The molecule has 30 N–H and O–H groups in total. The van der Waals surface area contributed by atoms with Gasteiger partial charge in [-0.25, -0.2) is 4.79 Å². The van der Waals surface area contributed by atoms with Crippen LogP contribution in [-0.2, 0) is 75.3 Å². The summed E-state index contributed by atoms with van der Waals surface area (Å²) in [5, 5.41) is 68.2. The third-order valence-corrected chi connectivity index (χ3v) is 19.8. The summed E-state index contributed by atoms with van der Waals surface area (Å²) in [5.41, 5.74) is 35.9. The van der Waals surface area contributed by atoms with Gasteiger partial charge in [-0.05, 0) is 122 Å². The van der Waals surface area contributed by atoms with Gasteiger partial charge in [0.25, 0.3) is 0 Å². The minimum Gasteiger partial charge on any atom is -0.480 e. The van der Waals surface area contributed by atoms with Gasteiger partial charge < -0.3 is 117 Å². The van der Waals surface area contributed by atoms with E-state index in [2.05, 4.69) is 83.4 Å². The van der Waals surface area contributed by atoms with Crippen molar-refractivity contribution in [1.29, 1.82) is 16.2 Å². The maximum atomic E-state index is 15.5. The zero-order chi connectivity index (χ0) is 80.5. The van der Waals surface area contributed by atoms with Gasteiger partial charge in [0.15, 0.2) is 17.9 Å². The van der Waals surface area contributed by atoms with Gasteiger partial charge in [-0.1, -0.05) is 91.0 Å². The number of nitrogens with one attached hydrogen (secondary N) is 19. The lowest BCUT2D eigenvalue weighted by atomic mass is 10.00. The van der Waals surface area contributed by atoms with E-state index in [-0.39, 0.29) is 121 Å². The number of amides is 8. The monoisotopic (exact) mass is 1540 g/mol. The first-order valence-electron chi connectivity index (χ1n) is 37.6. The van der Waals surface area contributed by atoms with E-state index in [4.69, 9.17) is 44.9 Å². The standard InChI is InChI=1S/C79H100N24O10/c80-30-12-11-27-60(97-73(109)64(35-45-40-92-56-23-7-2-17-50(45)56)100-71(107)62(29-15-33-90-79(86)87)98-72(108)63(34-44-39-91-55-22-6-1-16-49(44)55)99-68(104)54(81)21-13-31-88-77(82)83)69(105)96-61(28-14-32-89-78(84)85)70(106)101-65(36-46-41-93-57-24-8-3-18-51(46)57)74(110)102-66(37-47-42-94-58-25-9-4-19-52(47)58)75(111)103-67(76(112)113)38-48-43-95-59-26-10-5-20-53(48)59/h1-10,16-20,22-26,39-43,54,60-67,91-95H,11-15,21,27-38,80-81H2,(H,96,105)(H,97,109)(H,98,108)(H,99,104)(H,100,107)(H,101,106)(H,102,110)(H,103,111)(H,112,113)(H4,82,83,88)(H4,84,85,89)(H4,86,87,90)/t54-,60-,61-,62-,63-,64-,65-,66-,67-/m0/s1. The van der Waals surface area contributed by atoms with Crippen LogP contribution in [0.5, 0.6) is 0 Å². The summed E-state index contributed by atoms with van der Waals surface area (Å²) in [6.07, 6.45) is 8.80. The lowest BCUT2D eigenvalue weighted by Gasteiger charge is -2.28. The number of carboxylic acids is 1. The second kappa shape index (κ2) is 39.9. The first-order chi connectivity index (χ1) is 54.5. The first kappa shape index (κ1) is 82.3. The molecule has 5 aromatic heterocycles. The molecule has 0 saturated carbocycles. The smallest absolute Gasteiger partial charge is 0.326 e. The fraction of sp³-hybridized carbons (Fsp3) is 0.342. The topological polar surface area (TPSA) is 587 Å². The number of nitrogens with two attached hydrogens (primary N) is 5. The van der Waals surface area contributed by atoms with Gasteiger partial charge in [-0.15, -0.1) is 0 Å². The molecule has 9 atom stereocenters. The van der Waals surface area contributed by atoms with Crippen molar-refractivity contribution >= 4 is 126 Å². The molecule has 34 heteroatoms. The summed E-state index contributed by atoms with van der Waals surface area (Å²) in [6.45, 7) is 0.576. The van der Waals surface area contributed by atoms with Crippen LogP contribution < -0.4 is 87.2 Å². The summed E-state index contributed by atoms with van der Waals surface area (Å²) < 4.78 is 0. The van der Waals surface area contributed by atoms with Crippen LogP contribution in [0.4, 0.5) is 0 Å². The number of aromatic amines is 5. The zero-order valence-electron chi connectivity index (χ0n) is 62.4. The van der Waals surface area contributed by atoms with Crippen LogP contribution in [0.25, 0.3) is 54.5 Å². The van der Waals surface area contributed by atoms with Gasteiger partial charge in [0.05, 0.1) is 6.04 Å². The quantitative estimate of drug-likeness (QED) is 0.0147. The summed E-state index contributed by atoms with van der Waals surface area (Å²) in [5.74, 6) is -8.94. The molecule has 10 aromatic rings. The van der Waals surface area contributed by atoms with E-state index in [1.54, 1.807) is 43.1 Å². The number of aromatic nitrogens is 5. The van der Waals surface area contributed by atoms with Crippen molar-refractivity contribution in [2.24, 2.45) is 28.7 Å². The number of guanidine groups is 3. The van der Waals surface area contributed by atoms with E-state index in [0.29, 0.717) is 62.5 Å². The van der Waals surface area contributed by atoms with Gasteiger partial charge in [0.1, 0.15) is 48.3 Å².